The fraction of sp³-hybridized carbons (Fsp3) is 1.00. The molecule has 2 heterocycles. The topological polar surface area (TPSA) is 15.3 Å². The molecule has 2 atom stereocenters. The zero-order chi connectivity index (χ0) is 9.69. The van der Waals surface area contributed by atoms with Crippen LogP contribution in [0.2, 0.25) is 0 Å². The van der Waals surface area contributed by atoms with Crippen LogP contribution in [0.15, 0.2) is 0 Å². The van der Waals surface area contributed by atoms with E-state index in [0.29, 0.717) is 17.1 Å². The van der Waals surface area contributed by atoms with Gasteiger partial charge in [0.1, 0.15) is 0 Å². The molecule has 0 aromatic heterocycles. The molecule has 0 saturated carbocycles. The highest BCUT2D eigenvalue weighted by Gasteiger charge is 2.53. The molecule has 76 valence electrons. The normalized spacial score (nSPS) is 41.1. The summed E-state index contributed by atoms with van der Waals surface area (Å²) in [5.41, 5.74) is 0.889. The van der Waals surface area contributed by atoms with Crippen LogP contribution in [0.25, 0.3) is 0 Å². The summed E-state index contributed by atoms with van der Waals surface area (Å²) in [5, 5.41) is 3.64. The van der Waals surface area contributed by atoms with Gasteiger partial charge in [-0.15, -0.1) is 0 Å². The van der Waals surface area contributed by atoms with E-state index < -0.39 is 0 Å². The van der Waals surface area contributed by atoms with Crippen molar-refractivity contribution in [3.8, 4) is 0 Å². The lowest BCUT2D eigenvalue weighted by atomic mass is 9.70. The molecule has 0 radical (unpaired) electrons. The highest BCUT2D eigenvalue weighted by atomic mass is 15.4. The van der Waals surface area contributed by atoms with Gasteiger partial charge in [0.15, 0.2) is 0 Å². The van der Waals surface area contributed by atoms with E-state index in [4.69, 9.17) is 0 Å². The molecule has 13 heavy (non-hydrogen) atoms. The van der Waals surface area contributed by atoms with Gasteiger partial charge in [-0.1, -0.05) is 6.92 Å². The van der Waals surface area contributed by atoms with Gasteiger partial charge in [0, 0.05) is 17.5 Å². The Kier molecular flexibility index (Phi) is 1.97. The maximum absolute atomic E-state index is 3.64. The monoisotopic (exact) mass is 182 g/mol. The van der Waals surface area contributed by atoms with Crippen molar-refractivity contribution < 1.29 is 0 Å². The molecular formula is C11H22N2. The van der Waals surface area contributed by atoms with E-state index in [-0.39, 0.29) is 0 Å². The molecule has 0 aromatic rings. The fourth-order valence-electron chi connectivity index (χ4n) is 2.76. The SMILES string of the molecule is CC(C)(C)N1C[C@@]2(C)CCCN[C@@H]12. The maximum Gasteiger partial charge on any atom is 0.0669 e. The van der Waals surface area contributed by atoms with Crippen LogP contribution in [-0.2, 0) is 0 Å². The van der Waals surface area contributed by atoms with Crippen molar-refractivity contribution >= 4 is 0 Å². The highest BCUT2D eigenvalue weighted by Crippen LogP contribution is 2.45. The summed E-state index contributed by atoms with van der Waals surface area (Å²) in [5.74, 6) is 0. The van der Waals surface area contributed by atoms with Gasteiger partial charge < -0.3 is 5.32 Å². The third-order valence-corrected chi connectivity index (χ3v) is 3.63. The molecule has 2 rings (SSSR count). The van der Waals surface area contributed by atoms with Crippen LogP contribution in [-0.4, -0.2) is 29.7 Å². The standard InChI is InChI=1S/C11H22N2/c1-10(2,3)13-8-11(4)6-5-7-12-9(11)13/h9,12H,5-8H2,1-4H3/t9-,11+/m0/s1. The number of rotatable bonds is 0. The maximum atomic E-state index is 3.64. The van der Waals surface area contributed by atoms with E-state index in [1.54, 1.807) is 0 Å². The molecule has 2 saturated heterocycles. The van der Waals surface area contributed by atoms with E-state index in [1.165, 1.54) is 25.9 Å². The molecule has 2 nitrogen and oxygen atoms in total. The molecule has 2 aliphatic rings. The van der Waals surface area contributed by atoms with Crippen molar-refractivity contribution in [1.82, 2.24) is 10.2 Å². The summed E-state index contributed by atoms with van der Waals surface area (Å²) in [6.45, 7) is 11.8. The van der Waals surface area contributed by atoms with Gasteiger partial charge in [-0.05, 0) is 40.2 Å². The minimum atomic E-state index is 0.328. The molecule has 0 aliphatic carbocycles. The molecule has 2 heteroatoms. The number of hydrogen-bond donors (Lipinski definition) is 1. The second-order valence-corrected chi connectivity index (χ2v) is 5.91. The average Bonchev–Trinajstić information content (AvgIpc) is 1.95. The van der Waals surface area contributed by atoms with Gasteiger partial charge in [0.25, 0.3) is 0 Å². The Morgan fingerprint density at radius 2 is 2.08 bits per heavy atom. The first-order valence-corrected chi connectivity index (χ1v) is 5.44. The summed E-state index contributed by atoms with van der Waals surface area (Å²) in [6.07, 6.45) is 3.39. The summed E-state index contributed by atoms with van der Waals surface area (Å²) < 4.78 is 0. The van der Waals surface area contributed by atoms with Crippen molar-refractivity contribution in [1.29, 1.82) is 0 Å². The molecule has 0 amide bonds. The predicted octanol–water partition coefficient (Wildman–Crippen LogP) is 1.82. The van der Waals surface area contributed by atoms with E-state index in [9.17, 15) is 0 Å². The minimum absolute atomic E-state index is 0.328. The Bertz CT molecular complexity index is 207. The summed E-state index contributed by atoms with van der Waals surface area (Å²) in [4.78, 5) is 2.59. The zero-order valence-electron chi connectivity index (χ0n) is 9.35. The first-order chi connectivity index (χ1) is 5.93. The Balaban J connectivity index is 2.07. The Labute approximate surface area is 81.7 Å². The van der Waals surface area contributed by atoms with Crippen molar-refractivity contribution in [2.24, 2.45) is 5.41 Å². The lowest BCUT2D eigenvalue weighted by Gasteiger charge is -2.63. The second-order valence-electron chi connectivity index (χ2n) is 5.91. The van der Waals surface area contributed by atoms with Crippen LogP contribution in [0.3, 0.4) is 0 Å². The van der Waals surface area contributed by atoms with E-state index in [1.807, 2.05) is 0 Å². The molecule has 2 aliphatic heterocycles. The average molecular weight is 182 g/mol. The summed E-state index contributed by atoms with van der Waals surface area (Å²) in [6, 6.07) is 0. The minimum Gasteiger partial charge on any atom is -0.301 e. The lowest BCUT2D eigenvalue weighted by molar-refractivity contribution is -0.147. The molecule has 0 unspecified atom stereocenters. The van der Waals surface area contributed by atoms with Crippen molar-refractivity contribution in [3.63, 3.8) is 0 Å². The number of likely N-dealkylation sites (tertiary alicyclic amines) is 1. The zero-order valence-corrected chi connectivity index (χ0v) is 9.35. The highest BCUT2D eigenvalue weighted by molar-refractivity contribution is 5.05. The summed E-state index contributed by atoms with van der Waals surface area (Å²) >= 11 is 0. The van der Waals surface area contributed by atoms with Gasteiger partial charge in [-0.2, -0.15) is 0 Å². The third-order valence-electron chi connectivity index (χ3n) is 3.63. The van der Waals surface area contributed by atoms with Gasteiger partial charge >= 0.3 is 0 Å². The molecular weight excluding hydrogens is 160 g/mol. The molecule has 0 spiro atoms. The second kappa shape index (κ2) is 2.71. The number of hydrogen-bond acceptors (Lipinski definition) is 2. The van der Waals surface area contributed by atoms with E-state index in [2.05, 4.69) is 37.9 Å². The number of nitrogens with one attached hydrogen (secondary N) is 1. The molecule has 2 fully saturated rings. The van der Waals surface area contributed by atoms with E-state index in [0.717, 1.165) is 0 Å². The van der Waals surface area contributed by atoms with Crippen molar-refractivity contribution in [3.05, 3.63) is 0 Å². The van der Waals surface area contributed by atoms with Gasteiger partial charge in [-0.25, -0.2) is 0 Å². The van der Waals surface area contributed by atoms with Gasteiger partial charge in [-0.3, -0.25) is 4.90 Å². The largest absolute Gasteiger partial charge is 0.301 e. The third kappa shape index (κ3) is 1.40. The number of fused-ring (bicyclic) bond motifs is 1. The van der Waals surface area contributed by atoms with E-state index >= 15 is 0 Å². The molecule has 0 aromatic carbocycles. The van der Waals surface area contributed by atoms with Crippen LogP contribution in [0.4, 0.5) is 0 Å². The number of nitrogens with zero attached hydrogens (tertiary/aromatic N) is 1. The fourth-order valence-corrected chi connectivity index (χ4v) is 2.76. The van der Waals surface area contributed by atoms with Crippen LogP contribution in [0, 0.1) is 5.41 Å². The van der Waals surface area contributed by atoms with Gasteiger partial charge in [0.05, 0.1) is 6.17 Å². The number of piperidine rings is 1. The first kappa shape index (κ1) is 9.47. The summed E-state index contributed by atoms with van der Waals surface area (Å²) in [7, 11) is 0. The lowest BCUT2D eigenvalue weighted by Crippen LogP contribution is -2.75. The van der Waals surface area contributed by atoms with Crippen LogP contribution in [0.5, 0.6) is 0 Å². The van der Waals surface area contributed by atoms with Crippen molar-refractivity contribution in [2.45, 2.75) is 52.2 Å². The Morgan fingerprint density at radius 3 is 2.62 bits per heavy atom. The first-order valence-electron chi connectivity index (χ1n) is 5.44. The quantitative estimate of drug-likeness (QED) is 0.615. The van der Waals surface area contributed by atoms with Crippen molar-refractivity contribution in [2.75, 3.05) is 13.1 Å². The molecule has 0 bridgehead atoms. The Hall–Kier alpha value is -0.0800. The molecule has 1 N–H and O–H groups in total. The van der Waals surface area contributed by atoms with Crippen LogP contribution >= 0.6 is 0 Å². The predicted molar refractivity (Wildman–Crippen MR) is 55.6 cm³/mol. The van der Waals surface area contributed by atoms with Crippen LogP contribution < -0.4 is 5.32 Å². The van der Waals surface area contributed by atoms with Crippen LogP contribution in [0.1, 0.15) is 40.5 Å². The smallest absolute Gasteiger partial charge is 0.0669 e. The van der Waals surface area contributed by atoms with Gasteiger partial charge in [0.2, 0.25) is 0 Å². The Morgan fingerprint density at radius 1 is 1.38 bits per heavy atom.